The van der Waals surface area contributed by atoms with E-state index in [1.54, 1.807) is 0 Å². The van der Waals surface area contributed by atoms with Crippen LogP contribution in [0.3, 0.4) is 0 Å². The molecule has 1 aromatic carbocycles. The van der Waals surface area contributed by atoms with Gasteiger partial charge in [0.1, 0.15) is 28.8 Å². The van der Waals surface area contributed by atoms with Crippen molar-refractivity contribution in [2.24, 2.45) is 5.92 Å². The first-order chi connectivity index (χ1) is 13.3. The Hall–Kier alpha value is -2.27. The second kappa shape index (κ2) is 6.66. The molecule has 0 spiro atoms. The fraction of sp³-hybridized carbons (Fsp3) is 0.455. The second-order valence-electron chi connectivity index (χ2n) is 7.98. The number of hydrogen-bond acceptors (Lipinski definition) is 5. The van der Waals surface area contributed by atoms with Crippen molar-refractivity contribution >= 4 is 34.4 Å². The summed E-state index contributed by atoms with van der Waals surface area (Å²) < 4.78 is 18.0. The quantitative estimate of drug-likeness (QED) is 0.547. The number of carbonyl (C=O) groups is 1. The van der Waals surface area contributed by atoms with E-state index < -0.39 is 17.1 Å². The first-order valence-corrected chi connectivity index (χ1v) is 10.1. The summed E-state index contributed by atoms with van der Waals surface area (Å²) in [5.74, 6) is 0.478. The molecular formula is C22H23ClO5. The number of halogens is 1. The van der Waals surface area contributed by atoms with Gasteiger partial charge in [-0.3, -0.25) is 4.79 Å². The van der Waals surface area contributed by atoms with Gasteiger partial charge in [0.25, 0.3) is 0 Å². The maximum absolute atomic E-state index is 13.3. The van der Waals surface area contributed by atoms with Gasteiger partial charge in [-0.05, 0) is 44.9 Å². The summed E-state index contributed by atoms with van der Waals surface area (Å²) in [5, 5.41) is 0.674. The molecule has 3 heterocycles. The van der Waals surface area contributed by atoms with Gasteiger partial charge in [-0.25, -0.2) is 4.79 Å². The van der Waals surface area contributed by atoms with Crippen LogP contribution in [0.2, 0.25) is 0 Å². The number of hydrogen-bond donors (Lipinski definition) is 0. The Morgan fingerprint density at radius 3 is 2.64 bits per heavy atom. The van der Waals surface area contributed by atoms with Crippen LogP contribution in [-0.2, 0) is 6.42 Å². The van der Waals surface area contributed by atoms with Crippen molar-refractivity contribution in [3.8, 4) is 11.5 Å². The second-order valence-corrected chi connectivity index (χ2v) is 8.29. The monoisotopic (exact) mass is 402 g/mol. The molecule has 0 unspecified atom stereocenters. The Morgan fingerprint density at radius 2 is 1.96 bits per heavy atom. The zero-order chi connectivity index (χ0) is 20.2. The zero-order valence-electron chi connectivity index (χ0n) is 16.4. The Labute approximate surface area is 168 Å². The SMILES string of the molecule is CCCc1cc(=O)oc2c3c(c4c(c12)OC(C)(C)C=C4)O[C@H](C)[C@@H](CCl)C3=O. The number of ether oxygens (including phenoxy) is 2. The highest BCUT2D eigenvalue weighted by molar-refractivity contribution is 6.22. The molecule has 5 nitrogen and oxygen atoms in total. The summed E-state index contributed by atoms with van der Waals surface area (Å²) in [6.45, 7) is 7.77. The maximum Gasteiger partial charge on any atom is 0.336 e. The summed E-state index contributed by atoms with van der Waals surface area (Å²) in [5.41, 5.74) is 1.03. The highest BCUT2D eigenvalue weighted by Gasteiger charge is 2.41. The van der Waals surface area contributed by atoms with Crippen LogP contribution in [0.5, 0.6) is 11.5 Å². The maximum atomic E-state index is 13.3. The van der Waals surface area contributed by atoms with E-state index in [-0.39, 0.29) is 23.4 Å². The molecule has 2 atom stereocenters. The van der Waals surface area contributed by atoms with Gasteiger partial charge in [-0.1, -0.05) is 13.3 Å². The first-order valence-electron chi connectivity index (χ1n) is 9.59. The average molecular weight is 403 g/mol. The van der Waals surface area contributed by atoms with Gasteiger partial charge >= 0.3 is 5.63 Å². The molecule has 28 heavy (non-hydrogen) atoms. The van der Waals surface area contributed by atoms with E-state index >= 15 is 0 Å². The van der Waals surface area contributed by atoms with Crippen molar-refractivity contribution in [2.45, 2.75) is 52.2 Å². The molecule has 2 aromatic rings. The Kier molecular flexibility index (Phi) is 4.53. The molecule has 0 N–H and O–H groups in total. The van der Waals surface area contributed by atoms with E-state index in [1.165, 1.54) is 6.07 Å². The Balaban J connectivity index is 2.16. The van der Waals surface area contributed by atoms with Gasteiger partial charge in [0.2, 0.25) is 0 Å². The van der Waals surface area contributed by atoms with Crippen LogP contribution in [0.15, 0.2) is 21.4 Å². The van der Waals surface area contributed by atoms with Crippen LogP contribution in [0.25, 0.3) is 17.0 Å². The van der Waals surface area contributed by atoms with E-state index in [2.05, 4.69) is 0 Å². The molecule has 0 radical (unpaired) electrons. The number of aryl methyl sites for hydroxylation is 1. The minimum absolute atomic E-state index is 0.135. The Bertz CT molecular complexity index is 1060. The molecule has 0 amide bonds. The van der Waals surface area contributed by atoms with Crippen LogP contribution in [0.1, 0.15) is 55.6 Å². The normalized spacial score (nSPS) is 22.4. The topological polar surface area (TPSA) is 65.7 Å². The number of alkyl halides is 1. The number of rotatable bonds is 3. The third-order valence-corrected chi connectivity index (χ3v) is 5.70. The van der Waals surface area contributed by atoms with Gasteiger partial charge in [0, 0.05) is 11.9 Å². The predicted octanol–water partition coefficient (Wildman–Crippen LogP) is 4.75. The van der Waals surface area contributed by atoms with Gasteiger partial charge in [-0.15, -0.1) is 11.6 Å². The van der Waals surface area contributed by atoms with E-state index in [4.69, 9.17) is 25.5 Å². The number of fused-ring (bicyclic) bond motifs is 6. The van der Waals surface area contributed by atoms with Gasteiger partial charge in [0.05, 0.1) is 16.9 Å². The molecule has 1 aromatic heterocycles. The fourth-order valence-electron chi connectivity index (χ4n) is 3.96. The smallest absolute Gasteiger partial charge is 0.336 e. The van der Waals surface area contributed by atoms with Crippen molar-refractivity contribution in [1.82, 2.24) is 0 Å². The van der Waals surface area contributed by atoms with Crippen LogP contribution < -0.4 is 15.1 Å². The number of ketones is 1. The molecule has 6 heteroatoms. The summed E-state index contributed by atoms with van der Waals surface area (Å²) in [7, 11) is 0. The van der Waals surface area contributed by atoms with E-state index in [0.29, 0.717) is 34.4 Å². The third-order valence-electron chi connectivity index (χ3n) is 5.37. The number of carbonyl (C=O) groups excluding carboxylic acids is 1. The van der Waals surface area contributed by atoms with E-state index in [0.717, 1.165) is 12.0 Å². The number of Topliss-reactive ketones (excluding diaryl/α,β-unsaturated/α-hetero) is 1. The lowest BCUT2D eigenvalue weighted by atomic mass is 9.86. The molecule has 2 aliphatic heterocycles. The molecule has 4 rings (SSSR count). The Morgan fingerprint density at radius 1 is 1.21 bits per heavy atom. The summed E-state index contributed by atoms with van der Waals surface area (Å²) in [4.78, 5) is 25.6. The van der Waals surface area contributed by atoms with Crippen molar-refractivity contribution < 1.29 is 18.7 Å². The van der Waals surface area contributed by atoms with Crippen LogP contribution in [0, 0.1) is 5.92 Å². The molecule has 2 aliphatic rings. The van der Waals surface area contributed by atoms with E-state index in [9.17, 15) is 9.59 Å². The highest BCUT2D eigenvalue weighted by Crippen LogP contribution is 2.49. The third kappa shape index (κ3) is 2.84. The van der Waals surface area contributed by atoms with Gasteiger partial charge in [-0.2, -0.15) is 0 Å². The van der Waals surface area contributed by atoms with E-state index in [1.807, 2.05) is 39.8 Å². The summed E-state index contributed by atoms with van der Waals surface area (Å²) >= 11 is 6.05. The molecule has 148 valence electrons. The summed E-state index contributed by atoms with van der Waals surface area (Å²) in [6, 6.07) is 1.49. The van der Waals surface area contributed by atoms with Crippen LogP contribution >= 0.6 is 11.6 Å². The molecule has 0 fully saturated rings. The standard InChI is InChI=1S/C22H23ClO5/c1-5-6-12-9-15(24)27-21-16(12)20-13(7-8-22(3,4)28-20)19-17(21)18(25)14(10-23)11(2)26-19/h7-9,11,14H,5-6,10H2,1-4H3/t11-,14-/m1/s1. The lowest BCUT2D eigenvalue weighted by Crippen LogP contribution is -2.38. The first kappa shape index (κ1) is 19.1. The molecule has 0 saturated heterocycles. The average Bonchev–Trinajstić information content (AvgIpc) is 2.60. The fourth-order valence-corrected chi connectivity index (χ4v) is 4.35. The van der Waals surface area contributed by atoms with Crippen LogP contribution in [-0.4, -0.2) is 23.4 Å². The molecule has 0 aliphatic carbocycles. The minimum Gasteiger partial charge on any atom is -0.488 e. The van der Waals surface area contributed by atoms with Crippen molar-refractivity contribution in [3.63, 3.8) is 0 Å². The van der Waals surface area contributed by atoms with Crippen molar-refractivity contribution in [2.75, 3.05) is 5.88 Å². The predicted molar refractivity (Wildman–Crippen MR) is 109 cm³/mol. The lowest BCUT2D eigenvalue weighted by Gasteiger charge is -2.35. The number of benzene rings is 1. The zero-order valence-corrected chi connectivity index (χ0v) is 17.2. The van der Waals surface area contributed by atoms with Gasteiger partial charge in [0.15, 0.2) is 11.4 Å². The largest absolute Gasteiger partial charge is 0.488 e. The molecule has 0 saturated carbocycles. The molecular weight excluding hydrogens is 380 g/mol. The highest BCUT2D eigenvalue weighted by atomic mass is 35.5. The molecule has 0 bridgehead atoms. The van der Waals surface area contributed by atoms with Crippen molar-refractivity contribution in [1.29, 1.82) is 0 Å². The van der Waals surface area contributed by atoms with Crippen LogP contribution in [0.4, 0.5) is 0 Å². The minimum atomic E-state index is -0.531. The van der Waals surface area contributed by atoms with Gasteiger partial charge < -0.3 is 13.9 Å². The lowest BCUT2D eigenvalue weighted by molar-refractivity contribution is 0.0733. The van der Waals surface area contributed by atoms with Crippen molar-refractivity contribution in [3.05, 3.63) is 39.3 Å². The summed E-state index contributed by atoms with van der Waals surface area (Å²) in [6.07, 6.45) is 5.00.